The van der Waals surface area contributed by atoms with E-state index in [1.165, 1.54) is 5.56 Å². The number of halogens is 2. The Morgan fingerprint density at radius 3 is 2.27 bits per heavy atom. The lowest BCUT2D eigenvalue weighted by Gasteiger charge is -2.39. The summed E-state index contributed by atoms with van der Waals surface area (Å²) < 4.78 is 5.84. The van der Waals surface area contributed by atoms with E-state index in [2.05, 4.69) is 22.3 Å². The average molecular weight is 546 g/mol. The minimum Gasteiger partial charge on any atom is -0.483 e. The van der Waals surface area contributed by atoms with Gasteiger partial charge in [0.05, 0.1) is 5.56 Å². The van der Waals surface area contributed by atoms with Gasteiger partial charge in [0.15, 0.2) is 6.61 Å². The number of carbonyl (C=O) groups is 2. The van der Waals surface area contributed by atoms with Gasteiger partial charge in [-0.15, -0.1) is 0 Å². The number of hydrogen-bond acceptors (Lipinski definition) is 5. The van der Waals surface area contributed by atoms with Crippen LogP contribution in [0.1, 0.15) is 54.4 Å². The van der Waals surface area contributed by atoms with Crippen molar-refractivity contribution in [2.75, 3.05) is 19.7 Å². The molecule has 0 unspecified atom stereocenters. The number of carbonyl (C=O) groups excluding carboxylic acids is 2. The Balaban J connectivity index is 1.15. The lowest BCUT2D eigenvalue weighted by atomic mass is 9.96. The first-order valence-electron chi connectivity index (χ1n) is 13.1. The van der Waals surface area contributed by atoms with Gasteiger partial charge in [0.25, 0.3) is 11.8 Å². The molecule has 198 valence electrons. The van der Waals surface area contributed by atoms with E-state index in [9.17, 15) is 9.59 Å². The molecule has 3 saturated heterocycles. The van der Waals surface area contributed by atoms with Crippen molar-refractivity contribution >= 4 is 35.0 Å². The zero-order valence-corrected chi connectivity index (χ0v) is 22.4. The number of nitrogens with one attached hydrogen (secondary N) is 1. The van der Waals surface area contributed by atoms with E-state index in [1.54, 1.807) is 23.1 Å². The monoisotopic (exact) mass is 544 g/mol. The van der Waals surface area contributed by atoms with Crippen LogP contribution in [0.15, 0.2) is 42.5 Å². The molecule has 2 bridgehead atoms. The second-order valence-corrected chi connectivity index (χ2v) is 11.4. The molecule has 0 radical (unpaired) electrons. The van der Waals surface area contributed by atoms with Crippen molar-refractivity contribution in [1.82, 2.24) is 15.1 Å². The number of benzene rings is 2. The van der Waals surface area contributed by atoms with Crippen LogP contribution in [0.25, 0.3) is 0 Å². The van der Waals surface area contributed by atoms with E-state index in [4.69, 9.17) is 33.7 Å². The van der Waals surface area contributed by atoms with Crippen LogP contribution in [-0.2, 0) is 11.3 Å². The lowest BCUT2D eigenvalue weighted by molar-refractivity contribution is -0.124. The first kappa shape index (κ1) is 26.3. The summed E-state index contributed by atoms with van der Waals surface area (Å²) in [7, 11) is 0. The van der Waals surface area contributed by atoms with Crippen LogP contribution in [0.5, 0.6) is 5.75 Å². The molecule has 0 aromatic heterocycles. The SMILES string of the molecule is NC1CCN(C(=O)c2cc(Cl)ccc2OCC(=O)N[C@H]2C[C@H]3CC[C@@H](C2)N3Cc2ccc(Cl)cc2)CC1. The quantitative estimate of drug-likeness (QED) is 0.544. The van der Waals surface area contributed by atoms with Crippen molar-refractivity contribution in [3.63, 3.8) is 0 Å². The summed E-state index contributed by atoms with van der Waals surface area (Å²) in [5.74, 6) is 0.0552. The minimum atomic E-state index is -0.173. The predicted molar refractivity (Wildman–Crippen MR) is 145 cm³/mol. The van der Waals surface area contributed by atoms with Crippen LogP contribution < -0.4 is 15.8 Å². The summed E-state index contributed by atoms with van der Waals surface area (Å²) in [6.07, 6.45) is 5.70. The number of amides is 2. The van der Waals surface area contributed by atoms with Crippen LogP contribution in [0.4, 0.5) is 0 Å². The van der Waals surface area contributed by atoms with Gasteiger partial charge in [0.2, 0.25) is 0 Å². The van der Waals surface area contributed by atoms with E-state index < -0.39 is 0 Å². The van der Waals surface area contributed by atoms with E-state index in [1.807, 2.05) is 12.1 Å². The van der Waals surface area contributed by atoms with E-state index >= 15 is 0 Å². The second kappa shape index (κ2) is 11.6. The maximum atomic E-state index is 13.1. The van der Waals surface area contributed by atoms with Gasteiger partial charge in [-0.2, -0.15) is 0 Å². The molecule has 3 fully saturated rings. The van der Waals surface area contributed by atoms with Gasteiger partial charge in [-0.25, -0.2) is 0 Å². The first-order chi connectivity index (χ1) is 17.9. The highest BCUT2D eigenvalue weighted by molar-refractivity contribution is 6.31. The molecule has 3 aliphatic heterocycles. The highest BCUT2D eigenvalue weighted by Crippen LogP contribution is 2.37. The van der Waals surface area contributed by atoms with Crippen LogP contribution in [0.3, 0.4) is 0 Å². The lowest BCUT2D eigenvalue weighted by Crippen LogP contribution is -2.50. The maximum absolute atomic E-state index is 13.1. The zero-order valence-electron chi connectivity index (χ0n) is 20.9. The summed E-state index contributed by atoms with van der Waals surface area (Å²) in [4.78, 5) is 30.3. The standard InChI is InChI=1S/C28H34Cl2N4O3/c29-19-3-1-18(2-4-19)16-34-23-6-7-24(34)15-22(14-23)32-27(35)17-37-26-8-5-20(30)13-25(26)28(36)33-11-9-21(31)10-12-33/h1-5,8,13,21-24H,6-7,9-12,14-17,31H2,(H,32,35)/t22-,23+,24-. The van der Waals surface area contributed by atoms with Gasteiger partial charge in [-0.05, 0) is 74.4 Å². The van der Waals surface area contributed by atoms with Crippen LogP contribution in [0, 0.1) is 0 Å². The molecule has 0 saturated carbocycles. The second-order valence-electron chi connectivity index (χ2n) is 10.5. The molecule has 2 amide bonds. The van der Waals surface area contributed by atoms with E-state index in [0.29, 0.717) is 41.5 Å². The highest BCUT2D eigenvalue weighted by atomic mass is 35.5. The summed E-state index contributed by atoms with van der Waals surface area (Å²) in [5, 5.41) is 4.37. The number of fused-ring (bicyclic) bond motifs is 2. The van der Waals surface area contributed by atoms with Gasteiger partial charge in [-0.1, -0.05) is 35.3 Å². The van der Waals surface area contributed by atoms with Gasteiger partial charge in [0, 0.05) is 53.8 Å². The largest absolute Gasteiger partial charge is 0.483 e. The van der Waals surface area contributed by atoms with Crippen LogP contribution in [0.2, 0.25) is 10.0 Å². The maximum Gasteiger partial charge on any atom is 0.258 e. The number of likely N-dealkylation sites (tertiary alicyclic amines) is 1. The fraction of sp³-hybridized carbons (Fsp3) is 0.500. The Morgan fingerprint density at radius 2 is 1.59 bits per heavy atom. The smallest absolute Gasteiger partial charge is 0.258 e. The van der Waals surface area contributed by atoms with Crippen molar-refractivity contribution < 1.29 is 14.3 Å². The van der Waals surface area contributed by atoms with Crippen LogP contribution in [-0.4, -0.2) is 65.5 Å². The van der Waals surface area contributed by atoms with Crippen molar-refractivity contribution in [1.29, 1.82) is 0 Å². The number of nitrogens with zero attached hydrogens (tertiary/aromatic N) is 2. The van der Waals surface area contributed by atoms with Gasteiger partial charge >= 0.3 is 0 Å². The Morgan fingerprint density at radius 1 is 0.946 bits per heavy atom. The van der Waals surface area contributed by atoms with Gasteiger partial charge in [0.1, 0.15) is 5.75 Å². The number of rotatable bonds is 7. The van der Waals surface area contributed by atoms with Gasteiger partial charge in [-0.3, -0.25) is 14.5 Å². The summed E-state index contributed by atoms with van der Waals surface area (Å²) >= 11 is 12.2. The van der Waals surface area contributed by atoms with E-state index in [0.717, 1.165) is 50.1 Å². The number of hydrogen-bond donors (Lipinski definition) is 2. The zero-order chi connectivity index (χ0) is 25.9. The van der Waals surface area contributed by atoms with Crippen LogP contribution >= 0.6 is 23.2 Å². The first-order valence-corrected chi connectivity index (χ1v) is 13.9. The number of nitrogens with two attached hydrogens (primary N) is 1. The summed E-state index contributed by atoms with van der Waals surface area (Å²) in [5.41, 5.74) is 7.62. The third-order valence-corrected chi connectivity index (χ3v) is 8.37. The molecule has 7 nitrogen and oxygen atoms in total. The third-order valence-electron chi connectivity index (χ3n) is 7.89. The Bertz CT molecular complexity index is 1110. The number of ether oxygens (including phenoxy) is 1. The Hall–Kier alpha value is -2.32. The molecule has 3 atom stereocenters. The highest BCUT2D eigenvalue weighted by Gasteiger charge is 2.41. The summed E-state index contributed by atoms with van der Waals surface area (Å²) in [6.45, 7) is 1.97. The van der Waals surface area contributed by atoms with Crippen molar-refractivity contribution in [2.45, 2.75) is 69.2 Å². The normalized spacial score (nSPS) is 24.2. The average Bonchev–Trinajstić information content (AvgIpc) is 3.11. The Labute approximate surface area is 228 Å². The molecule has 2 aromatic rings. The van der Waals surface area contributed by atoms with Crippen molar-refractivity contribution in [3.05, 3.63) is 63.6 Å². The molecule has 9 heteroatoms. The molecule has 2 aromatic carbocycles. The number of piperidine rings is 2. The topological polar surface area (TPSA) is 87.9 Å². The Kier molecular flexibility index (Phi) is 8.24. The van der Waals surface area contributed by atoms with Gasteiger partial charge < -0.3 is 20.7 Å². The molecule has 3 N–H and O–H groups in total. The fourth-order valence-electron chi connectivity index (χ4n) is 5.93. The predicted octanol–water partition coefficient (Wildman–Crippen LogP) is 4.25. The minimum absolute atomic E-state index is 0.124. The third kappa shape index (κ3) is 6.40. The molecule has 5 rings (SSSR count). The molecular weight excluding hydrogens is 511 g/mol. The fourth-order valence-corrected chi connectivity index (χ4v) is 6.23. The summed E-state index contributed by atoms with van der Waals surface area (Å²) in [6, 6.07) is 14.2. The molecular formula is C28H34Cl2N4O3. The van der Waals surface area contributed by atoms with Crippen molar-refractivity contribution in [3.8, 4) is 5.75 Å². The molecule has 37 heavy (non-hydrogen) atoms. The molecule has 3 aliphatic rings. The molecule has 0 aliphatic carbocycles. The molecule has 3 heterocycles. The van der Waals surface area contributed by atoms with E-state index in [-0.39, 0.29) is 30.5 Å². The van der Waals surface area contributed by atoms with Crippen molar-refractivity contribution in [2.24, 2.45) is 5.73 Å². The molecule has 0 spiro atoms.